The second-order valence-corrected chi connectivity index (χ2v) is 4.34. The van der Waals surface area contributed by atoms with E-state index in [0.29, 0.717) is 17.7 Å². The monoisotopic (exact) mass is 256 g/mol. The van der Waals surface area contributed by atoms with Crippen molar-refractivity contribution in [2.45, 2.75) is 12.8 Å². The van der Waals surface area contributed by atoms with Gasteiger partial charge in [0.05, 0.1) is 5.56 Å². The zero-order chi connectivity index (χ0) is 12.7. The zero-order valence-corrected chi connectivity index (χ0v) is 10.9. The SMILES string of the molecule is CN(C)CCCCNc1ncnc(Cl)c1C=O. The van der Waals surface area contributed by atoms with Crippen LogP contribution in [0.25, 0.3) is 0 Å². The van der Waals surface area contributed by atoms with Gasteiger partial charge in [-0.2, -0.15) is 0 Å². The third-order valence-corrected chi connectivity index (χ3v) is 2.58. The molecule has 17 heavy (non-hydrogen) atoms. The van der Waals surface area contributed by atoms with Crippen LogP contribution in [0.5, 0.6) is 0 Å². The Morgan fingerprint density at radius 3 is 2.82 bits per heavy atom. The van der Waals surface area contributed by atoms with E-state index in [-0.39, 0.29) is 5.15 Å². The van der Waals surface area contributed by atoms with Gasteiger partial charge in [-0.25, -0.2) is 9.97 Å². The summed E-state index contributed by atoms with van der Waals surface area (Å²) in [5, 5.41) is 3.28. The number of hydrogen-bond donors (Lipinski definition) is 1. The minimum absolute atomic E-state index is 0.186. The van der Waals surface area contributed by atoms with Crippen LogP contribution in [0.3, 0.4) is 0 Å². The van der Waals surface area contributed by atoms with Crippen LogP contribution in [-0.2, 0) is 0 Å². The van der Waals surface area contributed by atoms with Gasteiger partial charge in [-0.05, 0) is 33.5 Å². The Balaban J connectivity index is 2.41. The van der Waals surface area contributed by atoms with Crippen LogP contribution in [0.4, 0.5) is 5.82 Å². The summed E-state index contributed by atoms with van der Waals surface area (Å²) in [6, 6.07) is 0. The molecule has 0 unspecified atom stereocenters. The van der Waals surface area contributed by atoms with E-state index >= 15 is 0 Å². The smallest absolute Gasteiger partial charge is 0.156 e. The van der Waals surface area contributed by atoms with Crippen molar-refractivity contribution in [2.75, 3.05) is 32.5 Å². The normalized spacial score (nSPS) is 10.6. The molecule has 0 bridgehead atoms. The number of unbranched alkanes of at least 4 members (excludes halogenated alkanes) is 1. The summed E-state index contributed by atoms with van der Waals surface area (Å²) < 4.78 is 0. The van der Waals surface area contributed by atoms with E-state index in [4.69, 9.17) is 11.6 Å². The molecule has 0 saturated carbocycles. The lowest BCUT2D eigenvalue weighted by molar-refractivity contribution is 0.112. The predicted octanol–water partition coefficient (Wildman–Crippen LogP) is 1.70. The number of nitrogens with zero attached hydrogens (tertiary/aromatic N) is 3. The van der Waals surface area contributed by atoms with Gasteiger partial charge in [0.15, 0.2) is 6.29 Å². The van der Waals surface area contributed by atoms with Gasteiger partial charge >= 0.3 is 0 Å². The van der Waals surface area contributed by atoms with Gasteiger partial charge in [0.1, 0.15) is 17.3 Å². The molecule has 0 aromatic carbocycles. The molecule has 1 heterocycles. The van der Waals surface area contributed by atoms with Crippen LogP contribution in [0.15, 0.2) is 6.33 Å². The van der Waals surface area contributed by atoms with Crippen LogP contribution >= 0.6 is 11.6 Å². The van der Waals surface area contributed by atoms with Crippen molar-refractivity contribution >= 4 is 23.7 Å². The highest BCUT2D eigenvalue weighted by atomic mass is 35.5. The van der Waals surface area contributed by atoms with Gasteiger partial charge < -0.3 is 10.2 Å². The number of nitrogens with one attached hydrogen (secondary N) is 1. The van der Waals surface area contributed by atoms with E-state index in [2.05, 4.69) is 20.2 Å². The summed E-state index contributed by atoms with van der Waals surface area (Å²) in [6.07, 6.45) is 4.12. The van der Waals surface area contributed by atoms with Crippen LogP contribution < -0.4 is 5.32 Å². The summed E-state index contributed by atoms with van der Waals surface area (Å²) >= 11 is 5.78. The molecule has 5 nitrogen and oxygen atoms in total. The number of carbonyl (C=O) groups excluding carboxylic acids is 1. The topological polar surface area (TPSA) is 58.1 Å². The molecule has 0 amide bonds. The number of anilines is 1. The molecule has 0 aliphatic heterocycles. The maximum Gasteiger partial charge on any atom is 0.156 e. The summed E-state index contributed by atoms with van der Waals surface area (Å²) in [5.41, 5.74) is 0.321. The average Bonchev–Trinajstić information content (AvgIpc) is 2.28. The average molecular weight is 257 g/mol. The molecule has 0 spiro atoms. The quantitative estimate of drug-likeness (QED) is 0.457. The van der Waals surface area contributed by atoms with Crippen molar-refractivity contribution in [3.8, 4) is 0 Å². The number of carbonyl (C=O) groups is 1. The summed E-state index contributed by atoms with van der Waals surface area (Å²) in [5.74, 6) is 0.504. The van der Waals surface area contributed by atoms with Crippen molar-refractivity contribution in [2.24, 2.45) is 0 Å². The fraction of sp³-hybridized carbons (Fsp3) is 0.545. The predicted molar refractivity (Wildman–Crippen MR) is 68.7 cm³/mol. The van der Waals surface area contributed by atoms with Gasteiger partial charge in [0, 0.05) is 6.54 Å². The molecule has 0 saturated heterocycles. The zero-order valence-electron chi connectivity index (χ0n) is 10.1. The lowest BCUT2D eigenvalue weighted by Gasteiger charge is -2.10. The first kappa shape index (κ1) is 13.9. The van der Waals surface area contributed by atoms with Crippen molar-refractivity contribution < 1.29 is 4.79 Å². The van der Waals surface area contributed by atoms with Crippen LogP contribution in [-0.4, -0.2) is 48.3 Å². The van der Waals surface area contributed by atoms with Gasteiger partial charge in [0.25, 0.3) is 0 Å². The fourth-order valence-corrected chi connectivity index (χ4v) is 1.56. The Hall–Kier alpha value is -1.20. The third-order valence-electron chi connectivity index (χ3n) is 2.28. The Labute approximate surface area is 106 Å². The van der Waals surface area contributed by atoms with Gasteiger partial charge in [-0.3, -0.25) is 4.79 Å². The highest BCUT2D eigenvalue weighted by Gasteiger charge is 2.07. The second-order valence-electron chi connectivity index (χ2n) is 3.98. The molecule has 1 aromatic heterocycles. The van der Waals surface area contributed by atoms with E-state index in [0.717, 1.165) is 25.9 Å². The molecule has 1 N–H and O–H groups in total. The van der Waals surface area contributed by atoms with E-state index in [1.54, 1.807) is 0 Å². The minimum atomic E-state index is 0.186. The highest BCUT2D eigenvalue weighted by Crippen LogP contribution is 2.16. The number of hydrogen-bond acceptors (Lipinski definition) is 5. The third kappa shape index (κ3) is 4.66. The number of halogens is 1. The molecule has 0 fully saturated rings. The standard InChI is InChI=1S/C11H17ClN4O/c1-16(2)6-4-3-5-13-11-9(7-17)10(12)14-8-15-11/h7-8H,3-6H2,1-2H3,(H,13,14,15). The lowest BCUT2D eigenvalue weighted by Crippen LogP contribution is -2.14. The molecule has 1 aromatic rings. The molecule has 94 valence electrons. The van der Waals surface area contributed by atoms with E-state index in [9.17, 15) is 4.79 Å². The maximum absolute atomic E-state index is 10.8. The van der Waals surface area contributed by atoms with Crippen molar-refractivity contribution in [1.82, 2.24) is 14.9 Å². The first-order valence-corrected chi connectivity index (χ1v) is 5.87. The molecule has 0 radical (unpaired) electrons. The largest absolute Gasteiger partial charge is 0.369 e. The Morgan fingerprint density at radius 1 is 1.41 bits per heavy atom. The van der Waals surface area contributed by atoms with Gasteiger partial charge in [0.2, 0.25) is 0 Å². The van der Waals surface area contributed by atoms with E-state index in [1.807, 2.05) is 14.1 Å². The molecule has 6 heteroatoms. The minimum Gasteiger partial charge on any atom is -0.369 e. The second kappa shape index (κ2) is 7.19. The number of aromatic nitrogens is 2. The summed E-state index contributed by atoms with van der Waals surface area (Å²) in [4.78, 5) is 20.7. The van der Waals surface area contributed by atoms with Crippen molar-refractivity contribution in [3.63, 3.8) is 0 Å². The van der Waals surface area contributed by atoms with Gasteiger partial charge in [-0.1, -0.05) is 11.6 Å². The van der Waals surface area contributed by atoms with Crippen molar-refractivity contribution in [1.29, 1.82) is 0 Å². The van der Waals surface area contributed by atoms with Crippen molar-refractivity contribution in [3.05, 3.63) is 17.0 Å². The molecule has 0 aliphatic rings. The van der Waals surface area contributed by atoms with Crippen LogP contribution in [0.2, 0.25) is 5.15 Å². The number of rotatable bonds is 7. The molecule has 0 aliphatic carbocycles. The number of aldehydes is 1. The lowest BCUT2D eigenvalue weighted by atomic mass is 10.3. The summed E-state index contributed by atoms with van der Waals surface area (Å²) in [7, 11) is 4.09. The van der Waals surface area contributed by atoms with Crippen LogP contribution in [0.1, 0.15) is 23.2 Å². The van der Waals surface area contributed by atoms with Crippen LogP contribution in [0, 0.1) is 0 Å². The highest BCUT2D eigenvalue weighted by molar-refractivity contribution is 6.32. The molecular formula is C11H17ClN4O. The first-order valence-electron chi connectivity index (χ1n) is 5.49. The first-order chi connectivity index (χ1) is 8.15. The summed E-state index contributed by atoms with van der Waals surface area (Å²) in [6.45, 7) is 1.81. The fourth-order valence-electron chi connectivity index (χ4n) is 1.38. The molecule has 1 rings (SSSR count). The molecule has 0 atom stereocenters. The Bertz CT molecular complexity index is 370. The van der Waals surface area contributed by atoms with E-state index in [1.165, 1.54) is 6.33 Å². The van der Waals surface area contributed by atoms with E-state index < -0.39 is 0 Å². The Morgan fingerprint density at radius 2 is 2.18 bits per heavy atom. The molecular weight excluding hydrogens is 240 g/mol. The Kier molecular flexibility index (Phi) is 5.86. The maximum atomic E-state index is 10.8. The van der Waals surface area contributed by atoms with Gasteiger partial charge in [-0.15, -0.1) is 0 Å².